The van der Waals surface area contributed by atoms with E-state index in [1.165, 1.54) is 11.3 Å². The van der Waals surface area contributed by atoms with Crippen LogP contribution in [0.5, 0.6) is 0 Å². The fourth-order valence-electron chi connectivity index (χ4n) is 3.46. The molecule has 2 fully saturated rings. The van der Waals surface area contributed by atoms with Crippen LogP contribution in [0.1, 0.15) is 65.5 Å². The molecule has 4 heterocycles. The van der Waals surface area contributed by atoms with Crippen molar-refractivity contribution in [1.29, 1.82) is 0 Å². The second kappa shape index (κ2) is 7.03. The Bertz CT molecular complexity index is 679. The molecule has 7 heteroatoms. The van der Waals surface area contributed by atoms with Crippen molar-refractivity contribution in [2.75, 3.05) is 19.8 Å². The minimum Gasteiger partial charge on any atom is -0.423 e. The molecule has 0 saturated carbocycles. The van der Waals surface area contributed by atoms with Gasteiger partial charge in [0.05, 0.1) is 4.88 Å². The number of aromatic nitrogens is 2. The molecule has 0 aliphatic carbocycles. The Kier molecular flexibility index (Phi) is 4.62. The zero-order valence-electron chi connectivity index (χ0n) is 13.5. The number of carbonyl (C=O) groups excluding carboxylic acids is 1. The molecule has 128 valence electrons. The van der Waals surface area contributed by atoms with E-state index >= 15 is 0 Å². The first-order valence-electron chi connectivity index (χ1n) is 8.58. The summed E-state index contributed by atoms with van der Waals surface area (Å²) in [7, 11) is 0. The zero-order valence-corrected chi connectivity index (χ0v) is 14.3. The molecule has 1 atom stereocenters. The molecule has 0 bridgehead atoms. The number of amides is 1. The van der Waals surface area contributed by atoms with Crippen LogP contribution in [0.3, 0.4) is 0 Å². The summed E-state index contributed by atoms with van der Waals surface area (Å²) in [6.07, 6.45) is 4.82. The summed E-state index contributed by atoms with van der Waals surface area (Å²) in [4.78, 5) is 15.5. The molecular formula is C17H21N3O3S. The highest BCUT2D eigenvalue weighted by atomic mass is 32.1. The van der Waals surface area contributed by atoms with Gasteiger partial charge in [0, 0.05) is 25.7 Å². The summed E-state index contributed by atoms with van der Waals surface area (Å²) < 4.78 is 11.4. The topological polar surface area (TPSA) is 68.5 Å². The molecule has 0 N–H and O–H groups in total. The molecule has 24 heavy (non-hydrogen) atoms. The van der Waals surface area contributed by atoms with E-state index in [9.17, 15) is 4.79 Å². The Balaban J connectivity index is 1.54. The van der Waals surface area contributed by atoms with Gasteiger partial charge in [-0.15, -0.1) is 21.5 Å². The highest BCUT2D eigenvalue weighted by molar-refractivity contribution is 7.12. The predicted molar refractivity (Wildman–Crippen MR) is 89.0 cm³/mol. The van der Waals surface area contributed by atoms with Crippen molar-refractivity contribution in [3.63, 3.8) is 0 Å². The lowest BCUT2D eigenvalue weighted by Gasteiger charge is -2.33. The van der Waals surface area contributed by atoms with E-state index < -0.39 is 0 Å². The van der Waals surface area contributed by atoms with Crippen molar-refractivity contribution in [2.24, 2.45) is 0 Å². The van der Waals surface area contributed by atoms with Gasteiger partial charge >= 0.3 is 0 Å². The Hall–Kier alpha value is -1.73. The smallest absolute Gasteiger partial charge is 0.264 e. The number of rotatable bonds is 3. The van der Waals surface area contributed by atoms with Gasteiger partial charge in [-0.3, -0.25) is 4.79 Å². The molecular weight excluding hydrogens is 326 g/mol. The average molecular weight is 347 g/mol. The van der Waals surface area contributed by atoms with Crippen LogP contribution < -0.4 is 0 Å². The first kappa shape index (κ1) is 15.8. The second-order valence-electron chi connectivity index (χ2n) is 6.35. The quantitative estimate of drug-likeness (QED) is 0.851. The lowest BCUT2D eigenvalue weighted by atomic mass is 10.0. The highest BCUT2D eigenvalue weighted by Gasteiger charge is 2.33. The van der Waals surface area contributed by atoms with Gasteiger partial charge in [-0.2, -0.15) is 0 Å². The van der Waals surface area contributed by atoms with E-state index in [2.05, 4.69) is 10.2 Å². The Morgan fingerprint density at radius 2 is 2.00 bits per heavy atom. The molecule has 2 aromatic rings. The van der Waals surface area contributed by atoms with Crippen molar-refractivity contribution in [3.05, 3.63) is 34.2 Å². The molecule has 4 rings (SSSR count). The van der Waals surface area contributed by atoms with Crippen LogP contribution in [0.25, 0.3) is 0 Å². The van der Waals surface area contributed by atoms with Crippen LogP contribution in [0.15, 0.2) is 21.9 Å². The lowest BCUT2D eigenvalue weighted by Crippen LogP contribution is -2.38. The molecule has 1 unspecified atom stereocenters. The van der Waals surface area contributed by atoms with E-state index in [-0.39, 0.29) is 17.9 Å². The zero-order chi connectivity index (χ0) is 16.4. The van der Waals surface area contributed by atoms with Crippen molar-refractivity contribution in [1.82, 2.24) is 15.1 Å². The van der Waals surface area contributed by atoms with E-state index in [1.807, 2.05) is 22.4 Å². The van der Waals surface area contributed by atoms with Gasteiger partial charge in [0.25, 0.3) is 5.91 Å². The van der Waals surface area contributed by atoms with Crippen LogP contribution in [-0.4, -0.2) is 40.8 Å². The molecule has 1 amide bonds. The maximum absolute atomic E-state index is 12.8. The first-order valence-corrected chi connectivity index (χ1v) is 9.46. The number of thiophene rings is 1. The molecule has 0 aromatic carbocycles. The number of nitrogens with zero attached hydrogens (tertiary/aromatic N) is 3. The van der Waals surface area contributed by atoms with Gasteiger partial charge < -0.3 is 14.1 Å². The van der Waals surface area contributed by atoms with Crippen molar-refractivity contribution < 1.29 is 13.9 Å². The summed E-state index contributed by atoms with van der Waals surface area (Å²) in [5, 5.41) is 10.5. The van der Waals surface area contributed by atoms with Crippen molar-refractivity contribution >= 4 is 17.2 Å². The Morgan fingerprint density at radius 1 is 1.17 bits per heavy atom. The number of carbonyl (C=O) groups is 1. The SMILES string of the molecule is O=C(c1cccs1)N1CCCCC1c1nnc(C2CCOCC2)o1. The first-order chi connectivity index (χ1) is 11.8. The van der Waals surface area contributed by atoms with Crippen LogP contribution in [0, 0.1) is 0 Å². The largest absolute Gasteiger partial charge is 0.423 e. The third-order valence-corrected chi connectivity index (χ3v) is 5.67. The molecule has 2 aromatic heterocycles. The van der Waals surface area contributed by atoms with Gasteiger partial charge in [-0.1, -0.05) is 6.07 Å². The summed E-state index contributed by atoms with van der Waals surface area (Å²) in [6, 6.07) is 3.68. The van der Waals surface area contributed by atoms with Gasteiger partial charge in [-0.25, -0.2) is 0 Å². The van der Waals surface area contributed by atoms with Gasteiger partial charge in [0.1, 0.15) is 6.04 Å². The van der Waals surface area contributed by atoms with E-state index in [1.54, 1.807) is 0 Å². The van der Waals surface area contributed by atoms with Crippen molar-refractivity contribution in [3.8, 4) is 0 Å². The van der Waals surface area contributed by atoms with Crippen molar-refractivity contribution in [2.45, 2.75) is 44.1 Å². The lowest BCUT2D eigenvalue weighted by molar-refractivity contribution is 0.0566. The number of likely N-dealkylation sites (tertiary alicyclic amines) is 1. The fourth-order valence-corrected chi connectivity index (χ4v) is 4.14. The summed E-state index contributed by atoms with van der Waals surface area (Å²) in [5.74, 6) is 1.63. The molecule has 0 radical (unpaired) electrons. The van der Waals surface area contributed by atoms with E-state index in [4.69, 9.17) is 9.15 Å². The summed E-state index contributed by atoms with van der Waals surface area (Å²) in [5.41, 5.74) is 0. The maximum atomic E-state index is 12.8. The predicted octanol–water partition coefficient (Wildman–Crippen LogP) is 3.39. The van der Waals surface area contributed by atoms with Crippen LogP contribution in [0.2, 0.25) is 0 Å². The molecule has 2 saturated heterocycles. The molecule has 0 spiro atoms. The molecule has 6 nitrogen and oxygen atoms in total. The second-order valence-corrected chi connectivity index (χ2v) is 7.30. The van der Waals surface area contributed by atoms with Gasteiger partial charge in [0.2, 0.25) is 11.8 Å². The highest BCUT2D eigenvalue weighted by Crippen LogP contribution is 2.34. The van der Waals surface area contributed by atoms with E-state index in [0.717, 1.165) is 56.7 Å². The third kappa shape index (κ3) is 3.10. The maximum Gasteiger partial charge on any atom is 0.264 e. The minimum absolute atomic E-state index is 0.0699. The third-order valence-electron chi connectivity index (χ3n) is 4.81. The fraction of sp³-hybridized carbons (Fsp3) is 0.588. The standard InChI is InChI=1S/C17H21N3O3S/c21-17(14-5-3-11-24-14)20-8-2-1-4-13(20)16-19-18-15(23-16)12-6-9-22-10-7-12/h3,5,11-13H,1-2,4,6-10H2. The average Bonchev–Trinajstić information content (AvgIpc) is 3.34. The van der Waals surface area contributed by atoms with Gasteiger partial charge in [-0.05, 0) is 43.6 Å². The Labute approximate surface area is 144 Å². The minimum atomic E-state index is -0.102. The van der Waals surface area contributed by atoms with Gasteiger partial charge in [0.15, 0.2) is 0 Å². The molecule has 2 aliphatic heterocycles. The number of hydrogen-bond acceptors (Lipinski definition) is 6. The summed E-state index contributed by atoms with van der Waals surface area (Å²) >= 11 is 1.48. The number of ether oxygens (including phenoxy) is 1. The number of piperidine rings is 1. The van der Waals surface area contributed by atoms with Crippen LogP contribution >= 0.6 is 11.3 Å². The monoisotopic (exact) mass is 347 g/mol. The van der Waals surface area contributed by atoms with E-state index in [0.29, 0.717) is 11.8 Å². The number of hydrogen-bond donors (Lipinski definition) is 0. The van der Waals surface area contributed by atoms with Crippen LogP contribution in [-0.2, 0) is 4.74 Å². The molecule has 2 aliphatic rings. The Morgan fingerprint density at radius 3 is 2.79 bits per heavy atom. The normalized spacial score (nSPS) is 22.7. The van der Waals surface area contributed by atoms with Crippen LogP contribution in [0.4, 0.5) is 0 Å². The summed E-state index contributed by atoms with van der Waals surface area (Å²) in [6.45, 7) is 2.24.